The normalized spacial score (nSPS) is 11.4. The molecule has 0 aliphatic heterocycles. The van der Waals surface area contributed by atoms with Crippen LogP contribution in [0.2, 0.25) is 5.02 Å². The summed E-state index contributed by atoms with van der Waals surface area (Å²) in [6.07, 6.45) is 1.64. The van der Waals surface area contributed by atoms with Gasteiger partial charge in [0.15, 0.2) is 0 Å². The molecule has 35 heavy (non-hydrogen) atoms. The summed E-state index contributed by atoms with van der Waals surface area (Å²) in [5, 5.41) is 6.78. The van der Waals surface area contributed by atoms with E-state index in [2.05, 4.69) is 20.6 Å². The van der Waals surface area contributed by atoms with E-state index >= 15 is 0 Å². The number of carbonyl (C=O) groups excluding carboxylic acids is 1. The van der Waals surface area contributed by atoms with Crippen LogP contribution >= 0.6 is 11.6 Å². The van der Waals surface area contributed by atoms with Crippen molar-refractivity contribution in [1.82, 2.24) is 9.97 Å². The number of hydrogen-bond donors (Lipinski definition) is 2. The zero-order valence-corrected chi connectivity index (χ0v) is 20.6. The van der Waals surface area contributed by atoms with Crippen LogP contribution in [0.25, 0.3) is 0 Å². The van der Waals surface area contributed by atoms with E-state index in [0.717, 1.165) is 11.3 Å². The quantitative estimate of drug-likeness (QED) is 0.302. The first-order chi connectivity index (χ1) is 16.9. The maximum Gasteiger partial charge on any atom is 0.332 e. The number of hydrogen-bond acceptors (Lipinski definition) is 5. The lowest BCUT2D eigenvalue weighted by Gasteiger charge is -2.24. The maximum atomic E-state index is 13.5. The second kappa shape index (κ2) is 10.9. The Hall–Kier alpha value is -4.10. The monoisotopic (exact) mass is 486 g/mol. The number of nitrogens with zero attached hydrogens (tertiary/aromatic N) is 4. The van der Waals surface area contributed by atoms with Crippen LogP contribution in [0.4, 0.5) is 33.6 Å². The number of carbonyl (C=O) groups is 1. The van der Waals surface area contributed by atoms with E-state index in [1.807, 2.05) is 80.5 Å². The number of urea groups is 1. The summed E-state index contributed by atoms with van der Waals surface area (Å²) in [4.78, 5) is 26.1. The number of nitrogens with one attached hydrogen (secondary N) is 2. The third kappa shape index (κ3) is 6.07. The van der Waals surface area contributed by atoms with Gasteiger partial charge in [-0.15, -0.1) is 0 Å². The molecule has 0 radical (unpaired) electrons. The van der Waals surface area contributed by atoms with Crippen molar-refractivity contribution in [1.29, 1.82) is 0 Å². The van der Waals surface area contributed by atoms with E-state index in [0.29, 0.717) is 28.2 Å². The topological polar surface area (TPSA) is 73.4 Å². The number of benzene rings is 3. The van der Waals surface area contributed by atoms with Gasteiger partial charge in [0.1, 0.15) is 5.82 Å². The highest BCUT2D eigenvalue weighted by Gasteiger charge is 2.21. The summed E-state index contributed by atoms with van der Waals surface area (Å²) >= 11 is 6.12. The minimum absolute atomic E-state index is 0.0164. The molecule has 0 spiro atoms. The smallest absolute Gasteiger partial charge is 0.332 e. The summed E-state index contributed by atoms with van der Waals surface area (Å²) in [6, 6.07) is 26.1. The molecule has 1 heterocycles. The number of anilines is 5. The number of amides is 2. The Labute approximate surface area is 210 Å². The molecule has 0 aliphatic carbocycles. The van der Waals surface area contributed by atoms with Gasteiger partial charge in [-0.2, -0.15) is 4.98 Å². The van der Waals surface area contributed by atoms with Gasteiger partial charge in [-0.05, 0) is 48.9 Å². The molecule has 0 saturated carbocycles. The first kappa shape index (κ1) is 24.0. The van der Waals surface area contributed by atoms with Crippen molar-refractivity contribution in [3.63, 3.8) is 0 Å². The highest BCUT2D eigenvalue weighted by atomic mass is 35.5. The van der Waals surface area contributed by atoms with Gasteiger partial charge in [0.05, 0.1) is 11.7 Å². The van der Waals surface area contributed by atoms with Crippen LogP contribution in [0.5, 0.6) is 0 Å². The molecule has 1 atom stereocenters. The second-order valence-electron chi connectivity index (χ2n) is 8.21. The molecular formula is C27H27ClN6O. The van der Waals surface area contributed by atoms with Gasteiger partial charge in [0.2, 0.25) is 5.95 Å². The zero-order chi connectivity index (χ0) is 24.8. The molecule has 7 nitrogen and oxygen atoms in total. The highest BCUT2D eigenvalue weighted by molar-refractivity contribution is 6.31. The molecule has 1 unspecified atom stereocenters. The SMILES string of the molecule is CC(Nc1nccc(N(C(=O)Nc2cccc(Cl)c2)c2cccc(N(C)C)c2)n1)c1ccccc1. The van der Waals surface area contributed by atoms with Crippen molar-refractivity contribution in [2.24, 2.45) is 0 Å². The predicted molar refractivity (Wildman–Crippen MR) is 144 cm³/mol. The minimum atomic E-state index is -0.371. The minimum Gasteiger partial charge on any atom is -0.378 e. The van der Waals surface area contributed by atoms with Gasteiger partial charge in [-0.1, -0.05) is 54.1 Å². The van der Waals surface area contributed by atoms with Gasteiger partial charge in [-0.3, -0.25) is 0 Å². The average Bonchev–Trinajstić information content (AvgIpc) is 2.85. The van der Waals surface area contributed by atoms with Crippen LogP contribution in [0.15, 0.2) is 91.1 Å². The molecule has 0 bridgehead atoms. The number of aromatic nitrogens is 2. The summed E-state index contributed by atoms with van der Waals surface area (Å²) in [5.41, 5.74) is 3.31. The Balaban J connectivity index is 1.68. The summed E-state index contributed by atoms with van der Waals surface area (Å²) in [6.45, 7) is 2.04. The molecule has 0 aliphatic rings. The van der Waals surface area contributed by atoms with Gasteiger partial charge >= 0.3 is 6.03 Å². The Morgan fingerprint density at radius 1 is 0.914 bits per heavy atom. The fraction of sp³-hybridized carbons (Fsp3) is 0.148. The van der Waals surface area contributed by atoms with E-state index in [9.17, 15) is 4.79 Å². The van der Waals surface area contributed by atoms with Gasteiger partial charge in [0, 0.05) is 42.8 Å². The fourth-order valence-electron chi connectivity index (χ4n) is 3.57. The Bertz CT molecular complexity index is 1300. The van der Waals surface area contributed by atoms with Crippen molar-refractivity contribution in [2.75, 3.05) is 34.5 Å². The van der Waals surface area contributed by atoms with Gasteiger partial charge in [-0.25, -0.2) is 14.7 Å². The average molecular weight is 487 g/mol. The second-order valence-corrected chi connectivity index (χ2v) is 8.64. The molecule has 4 aromatic rings. The van der Waals surface area contributed by atoms with Gasteiger partial charge in [0.25, 0.3) is 0 Å². The van der Waals surface area contributed by atoms with E-state index in [-0.39, 0.29) is 12.1 Å². The Kier molecular flexibility index (Phi) is 7.48. The molecule has 1 aromatic heterocycles. The third-order valence-electron chi connectivity index (χ3n) is 5.40. The van der Waals surface area contributed by atoms with Crippen molar-refractivity contribution < 1.29 is 4.79 Å². The number of rotatable bonds is 7. The van der Waals surface area contributed by atoms with E-state index in [1.54, 1.807) is 36.5 Å². The van der Waals surface area contributed by atoms with E-state index < -0.39 is 0 Å². The van der Waals surface area contributed by atoms with Crippen LogP contribution in [-0.2, 0) is 0 Å². The summed E-state index contributed by atoms with van der Waals surface area (Å²) < 4.78 is 0. The van der Waals surface area contributed by atoms with E-state index in [1.165, 1.54) is 4.90 Å². The van der Waals surface area contributed by atoms with Crippen molar-refractivity contribution in [2.45, 2.75) is 13.0 Å². The number of halogens is 1. The fourth-order valence-corrected chi connectivity index (χ4v) is 3.76. The van der Waals surface area contributed by atoms with Crippen LogP contribution in [-0.4, -0.2) is 30.1 Å². The first-order valence-corrected chi connectivity index (χ1v) is 11.6. The highest BCUT2D eigenvalue weighted by Crippen LogP contribution is 2.29. The molecule has 4 rings (SSSR count). The molecule has 0 saturated heterocycles. The predicted octanol–water partition coefficient (Wildman–Crippen LogP) is 6.74. The molecule has 2 N–H and O–H groups in total. The molecular weight excluding hydrogens is 460 g/mol. The molecule has 8 heteroatoms. The zero-order valence-electron chi connectivity index (χ0n) is 19.8. The van der Waals surface area contributed by atoms with Crippen molar-refractivity contribution >= 4 is 46.5 Å². The lowest BCUT2D eigenvalue weighted by Crippen LogP contribution is -2.32. The molecule has 2 amide bonds. The van der Waals surface area contributed by atoms with E-state index in [4.69, 9.17) is 11.6 Å². The van der Waals surface area contributed by atoms with Crippen LogP contribution < -0.4 is 20.4 Å². The standard InChI is InChI=1S/C27H27ClN6O/c1-19(20-9-5-4-6-10-20)30-26-29-16-15-25(32-26)34(24-14-8-13-23(18-24)33(2)3)27(35)31-22-12-7-11-21(28)17-22/h4-19H,1-3H3,(H,31,35)(H,29,30,32). The van der Waals surface area contributed by atoms with Crippen LogP contribution in [0.1, 0.15) is 18.5 Å². The van der Waals surface area contributed by atoms with Crippen LogP contribution in [0, 0.1) is 0 Å². The lowest BCUT2D eigenvalue weighted by atomic mass is 10.1. The van der Waals surface area contributed by atoms with Crippen molar-refractivity contribution in [3.8, 4) is 0 Å². The largest absolute Gasteiger partial charge is 0.378 e. The summed E-state index contributed by atoms with van der Waals surface area (Å²) in [7, 11) is 3.90. The third-order valence-corrected chi connectivity index (χ3v) is 5.63. The maximum absolute atomic E-state index is 13.5. The Morgan fingerprint density at radius 2 is 1.66 bits per heavy atom. The molecule has 0 fully saturated rings. The summed E-state index contributed by atoms with van der Waals surface area (Å²) in [5.74, 6) is 0.848. The molecule has 178 valence electrons. The lowest BCUT2D eigenvalue weighted by molar-refractivity contribution is 0.259. The first-order valence-electron chi connectivity index (χ1n) is 11.2. The van der Waals surface area contributed by atoms with Gasteiger partial charge < -0.3 is 15.5 Å². The van der Waals surface area contributed by atoms with Crippen molar-refractivity contribution in [3.05, 3.63) is 102 Å². The van der Waals surface area contributed by atoms with Crippen LogP contribution in [0.3, 0.4) is 0 Å². The Morgan fingerprint density at radius 3 is 2.40 bits per heavy atom. The molecule has 3 aromatic carbocycles.